The summed E-state index contributed by atoms with van der Waals surface area (Å²) in [5.41, 5.74) is 0.0650. The van der Waals surface area contributed by atoms with Gasteiger partial charge in [0, 0.05) is 6.54 Å². The Hall–Kier alpha value is -2.70. The number of hydrogen-bond donors (Lipinski definition) is 2. The Kier molecular flexibility index (Phi) is 3.56. The van der Waals surface area contributed by atoms with Gasteiger partial charge in [0.05, 0.1) is 0 Å². The first-order chi connectivity index (χ1) is 9.09. The quantitative estimate of drug-likeness (QED) is 0.829. The van der Waals surface area contributed by atoms with Crippen molar-refractivity contribution in [2.24, 2.45) is 0 Å². The highest BCUT2D eigenvalue weighted by Gasteiger charge is 2.24. The van der Waals surface area contributed by atoms with Gasteiger partial charge in [0.2, 0.25) is 5.69 Å². The molecule has 0 saturated carbocycles. The molecule has 7 heteroatoms. The summed E-state index contributed by atoms with van der Waals surface area (Å²) in [6.45, 7) is 0.256. The van der Waals surface area contributed by atoms with E-state index in [1.54, 1.807) is 0 Å². The summed E-state index contributed by atoms with van der Waals surface area (Å²) < 4.78 is 1.10. The van der Waals surface area contributed by atoms with Gasteiger partial charge in [-0.25, -0.2) is 14.3 Å². The molecular weight excluding hydrogens is 250 g/mol. The molecule has 0 bridgehead atoms. The van der Waals surface area contributed by atoms with Crippen LogP contribution in [0, 0.1) is 0 Å². The fraction of sp³-hybridized carbons (Fsp3) is 0.167. The summed E-state index contributed by atoms with van der Waals surface area (Å²) in [5, 5.41) is 24.8. The Morgan fingerprint density at radius 3 is 2.37 bits per heavy atom. The van der Waals surface area contributed by atoms with Gasteiger partial charge >= 0.3 is 11.9 Å². The number of hydrogen-bond acceptors (Lipinski definition) is 4. The van der Waals surface area contributed by atoms with Crippen LogP contribution in [0.4, 0.5) is 0 Å². The van der Waals surface area contributed by atoms with Crippen LogP contribution in [-0.4, -0.2) is 37.1 Å². The van der Waals surface area contributed by atoms with Crippen LogP contribution in [0.2, 0.25) is 0 Å². The molecule has 0 saturated heterocycles. The zero-order valence-electron chi connectivity index (χ0n) is 9.85. The lowest BCUT2D eigenvalue weighted by molar-refractivity contribution is 0.0640. The van der Waals surface area contributed by atoms with Gasteiger partial charge in [-0.2, -0.15) is 0 Å². The molecule has 0 atom stereocenters. The Balaban J connectivity index is 2.21. The zero-order valence-corrected chi connectivity index (χ0v) is 9.85. The van der Waals surface area contributed by atoms with Crippen LogP contribution in [0.5, 0.6) is 0 Å². The van der Waals surface area contributed by atoms with Crippen LogP contribution in [0.1, 0.15) is 26.5 Å². The zero-order chi connectivity index (χ0) is 13.8. The van der Waals surface area contributed by atoms with Crippen LogP contribution < -0.4 is 0 Å². The van der Waals surface area contributed by atoms with Crippen molar-refractivity contribution < 1.29 is 19.8 Å². The molecule has 0 fully saturated rings. The van der Waals surface area contributed by atoms with Crippen molar-refractivity contribution in [3.63, 3.8) is 0 Å². The molecule has 1 aromatic carbocycles. The molecule has 2 N–H and O–H groups in total. The minimum absolute atomic E-state index is 0.256. The number of aryl methyl sites for hydroxylation is 2. The Bertz CT molecular complexity index is 607. The van der Waals surface area contributed by atoms with Gasteiger partial charge in [-0.3, -0.25) is 0 Å². The fourth-order valence-corrected chi connectivity index (χ4v) is 1.70. The molecule has 1 aromatic heterocycles. The van der Waals surface area contributed by atoms with E-state index < -0.39 is 23.3 Å². The summed E-state index contributed by atoms with van der Waals surface area (Å²) in [5.74, 6) is -2.75. The van der Waals surface area contributed by atoms with Crippen molar-refractivity contribution in [1.82, 2.24) is 15.0 Å². The summed E-state index contributed by atoms with van der Waals surface area (Å²) in [6, 6.07) is 9.42. The highest BCUT2D eigenvalue weighted by molar-refractivity contribution is 5.98. The van der Waals surface area contributed by atoms with E-state index in [9.17, 15) is 9.59 Å². The number of aromatic carboxylic acids is 2. The molecular formula is C12H11N3O4. The molecule has 0 spiro atoms. The van der Waals surface area contributed by atoms with Gasteiger partial charge in [-0.05, 0) is 12.0 Å². The van der Waals surface area contributed by atoms with Gasteiger partial charge in [-0.15, -0.1) is 5.10 Å². The van der Waals surface area contributed by atoms with E-state index in [0.717, 1.165) is 10.2 Å². The van der Waals surface area contributed by atoms with Gasteiger partial charge in [0.25, 0.3) is 0 Å². The Morgan fingerprint density at radius 1 is 1.11 bits per heavy atom. The van der Waals surface area contributed by atoms with Crippen molar-refractivity contribution in [1.29, 1.82) is 0 Å². The maximum atomic E-state index is 11.1. The highest BCUT2D eigenvalue weighted by Crippen LogP contribution is 2.08. The second kappa shape index (κ2) is 5.30. The van der Waals surface area contributed by atoms with Crippen LogP contribution in [0.25, 0.3) is 0 Å². The topological polar surface area (TPSA) is 105 Å². The van der Waals surface area contributed by atoms with Crippen LogP contribution >= 0.6 is 0 Å². The summed E-state index contributed by atoms with van der Waals surface area (Å²) in [4.78, 5) is 21.9. The van der Waals surface area contributed by atoms with Crippen molar-refractivity contribution in [3.8, 4) is 0 Å². The fourth-order valence-electron chi connectivity index (χ4n) is 1.70. The van der Waals surface area contributed by atoms with E-state index in [-0.39, 0.29) is 6.54 Å². The highest BCUT2D eigenvalue weighted by atomic mass is 16.4. The van der Waals surface area contributed by atoms with Gasteiger partial charge < -0.3 is 10.2 Å². The van der Waals surface area contributed by atoms with Gasteiger partial charge in [0.1, 0.15) is 0 Å². The summed E-state index contributed by atoms with van der Waals surface area (Å²) in [7, 11) is 0. The molecule has 2 rings (SSSR count). The number of aromatic nitrogens is 3. The van der Waals surface area contributed by atoms with E-state index >= 15 is 0 Å². The number of carboxylic acids is 2. The molecule has 7 nitrogen and oxygen atoms in total. The lowest BCUT2D eigenvalue weighted by atomic mass is 10.1. The molecule has 0 aliphatic rings. The van der Waals surface area contributed by atoms with Crippen LogP contribution in [-0.2, 0) is 13.0 Å². The predicted molar refractivity (Wildman–Crippen MR) is 64.1 cm³/mol. The van der Waals surface area contributed by atoms with E-state index in [2.05, 4.69) is 10.3 Å². The lowest BCUT2D eigenvalue weighted by Crippen LogP contribution is -2.15. The van der Waals surface area contributed by atoms with E-state index in [0.29, 0.717) is 6.42 Å². The largest absolute Gasteiger partial charge is 0.476 e. The van der Waals surface area contributed by atoms with Gasteiger partial charge in [0.15, 0.2) is 5.69 Å². The normalized spacial score (nSPS) is 10.3. The second-order valence-electron chi connectivity index (χ2n) is 3.86. The lowest BCUT2D eigenvalue weighted by Gasteiger charge is -2.03. The molecule has 1 heterocycles. The van der Waals surface area contributed by atoms with Crippen LogP contribution in [0.3, 0.4) is 0 Å². The monoisotopic (exact) mass is 261 g/mol. The minimum atomic E-state index is -1.40. The number of carbonyl (C=O) groups is 2. The first-order valence-electron chi connectivity index (χ1n) is 5.53. The average molecular weight is 261 g/mol. The summed E-state index contributed by atoms with van der Waals surface area (Å²) in [6.07, 6.45) is 0.545. The average Bonchev–Trinajstić information content (AvgIpc) is 2.81. The van der Waals surface area contributed by atoms with Crippen molar-refractivity contribution in [3.05, 3.63) is 47.3 Å². The second-order valence-corrected chi connectivity index (χ2v) is 3.86. The van der Waals surface area contributed by atoms with Crippen molar-refractivity contribution >= 4 is 11.9 Å². The number of carboxylic acid groups (broad SMARTS) is 2. The minimum Gasteiger partial charge on any atom is -0.476 e. The molecule has 0 unspecified atom stereocenters. The maximum Gasteiger partial charge on any atom is 0.359 e. The predicted octanol–water partition coefficient (Wildman–Crippen LogP) is 0.917. The van der Waals surface area contributed by atoms with Crippen molar-refractivity contribution in [2.45, 2.75) is 13.0 Å². The molecule has 19 heavy (non-hydrogen) atoms. The molecule has 0 aliphatic heterocycles. The molecule has 2 aromatic rings. The van der Waals surface area contributed by atoms with Crippen LogP contribution in [0.15, 0.2) is 30.3 Å². The number of benzene rings is 1. The molecule has 0 radical (unpaired) electrons. The van der Waals surface area contributed by atoms with Crippen molar-refractivity contribution in [2.75, 3.05) is 0 Å². The third kappa shape index (κ3) is 2.76. The summed E-state index contributed by atoms with van der Waals surface area (Å²) >= 11 is 0. The number of rotatable bonds is 5. The smallest absolute Gasteiger partial charge is 0.359 e. The maximum absolute atomic E-state index is 11.1. The molecule has 0 amide bonds. The van der Waals surface area contributed by atoms with E-state index in [4.69, 9.17) is 10.2 Å². The molecule has 98 valence electrons. The first kappa shape index (κ1) is 12.7. The standard InChI is InChI=1S/C12H11N3O4/c16-11(17)9-10(12(18)19)15(14-13-9)7-6-8-4-2-1-3-5-8/h1-5H,6-7H2,(H,16,17)(H,18,19). The SMILES string of the molecule is O=C(O)c1nnn(CCc2ccccc2)c1C(=O)O. The number of nitrogens with zero attached hydrogens (tertiary/aromatic N) is 3. The first-order valence-corrected chi connectivity index (χ1v) is 5.53. The Labute approximate surface area is 108 Å². The molecule has 0 aliphatic carbocycles. The third-order valence-electron chi connectivity index (χ3n) is 2.60. The Morgan fingerprint density at radius 2 is 1.79 bits per heavy atom. The van der Waals surface area contributed by atoms with Gasteiger partial charge in [-0.1, -0.05) is 35.5 Å². The van der Waals surface area contributed by atoms with E-state index in [1.807, 2.05) is 30.3 Å². The third-order valence-corrected chi connectivity index (χ3v) is 2.60. The van der Waals surface area contributed by atoms with E-state index in [1.165, 1.54) is 0 Å².